The van der Waals surface area contributed by atoms with E-state index in [0.29, 0.717) is 0 Å². The van der Waals surface area contributed by atoms with Crippen LogP contribution in [0.3, 0.4) is 0 Å². The van der Waals surface area contributed by atoms with Crippen LogP contribution in [0.2, 0.25) is 0 Å². The van der Waals surface area contributed by atoms with Crippen molar-refractivity contribution in [3.05, 3.63) is 113 Å². The molecule has 0 radical (unpaired) electrons. The second kappa shape index (κ2) is 6.00. The number of hydrogen-bond donors (Lipinski definition) is 0. The first-order valence-electron chi connectivity index (χ1n) is 9.19. The zero-order valence-electron chi connectivity index (χ0n) is 14.9. The number of hydrogen-bond acceptors (Lipinski definition) is 0. The lowest BCUT2D eigenvalue weighted by Gasteiger charge is -2.09. The third kappa shape index (κ3) is 2.38. The molecule has 0 saturated heterocycles. The van der Waals surface area contributed by atoms with Gasteiger partial charge in [-0.2, -0.15) is 0 Å². The van der Waals surface area contributed by atoms with Crippen molar-refractivity contribution in [1.82, 2.24) is 0 Å². The summed E-state index contributed by atoms with van der Waals surface area (Å²) in [7, 11) is 0. The van der Waals surface area contributed by atoms with Gasteiger partial charge in [0.25, 0.3) is 0 Å². The predicted molar refractivity (Wildman–Crippen MR) is 113 cm³/mol. The lowest BCUT2D eigenvalue weighted by Crippen LogP contribution is -1.87. The molecule has 0 atom stereocenters. The van der Waals surface area contributed by atoms with Gasteiger partial charge in [0.1, 0.15) is 0 Å². The Labute approximate surface area is 154 Å². The van der Waals surface area contributed by atoms with Crippen molar-refractivity contribution >= 4 is 27.5 Å². The van der Waals surface area contributed by atoms with Gasteiger partial charge in [-0.15, -0.1) is 0 Å². The molecule has 3 aromatic carbocycles. The maximum absolute atomic E-state index is 2.37. The van der Waals surface area contributed by atoms with Gasteiger partial charge in [0, 0.05) is 0 Å². The maximum Gasteiger partial charge on any atom is -0.00820 e. The van der Waals surface area contributed by atoms with Gasteiger partial charge in [0.2, 0.25) is 0 Å². The first kappa shape index (κ1) is 15.2. The van der Waals surface area contributed by atoms with Crippen LogP contribution in [-0.2, 0) is 0 Å². The molecule has 5 rings (SSSR count). The van der Waals surface area contributed by atoms with Gasteiger partial charge in [0.15, 0.2) is 0 Å². The maximum atomic E-state index is 2.37. The molecule has 2 aliphatic rings. The molecular weight excluding hydrogens is 312 g/mol. The molecule has 0 spiro atoms. The summed E-state index contributed by atoms with van der Waals surface area (Å²) in [5, 5.41) is 2.59. The smallest absolute Gasteiger partial charge is 0.00820 e. The van der Waals surface area contributed by atoms with Crippen molar-refractivity contribution in [2.45, 2.75) is 13.3 Å². The number of allylic oxidation sites excluding steroid dienone is 8. The van der Waals surface area contributed by atoms with E-state index in [2.05, 4.69) is 98.0 Å². The molecule has 26 heavy (non-hydrogen) atoms. The van der Waals surface area contributed by atoms with E-state index in [0.717, 1.165) is 6.42 Å². The van der Waals surface area contributed by atoms with Crippen molar-refractivity contribution in [3.8, 4) is 0 Å². The molecule has 0 fully saturated rings. The minimum Gasteiger partial charge on any atom is -0.0801 e. The predicted octanol–water partition coefficient (Wildman–Crippen LogP) is 7.05. The molecule has 0 bridgehead atoms. The number of rotatable bonds is 2. The standard InChI is InChI=1S/C26H20/c1-18(20-15-14-19-8-2-3-9-21(19)17-20)16-26-24-12-6-4-10-22(24)23-11-5-7-13-25(23)26/h2-12,14-17H,13H2,1H3/b18-16+. The Morgan fingerprint density at radius 1 is 0.846 bits per heavy atom. The first-order chi connectivity index (χ1) is 12.8. The number of fused-ring (bicyclic) bond motifs is 4. The first-order valence-corrected chi connectivity index (χ1v) is 9.19. The molecule has 0 saturated carbocycles. The molecule has 124 valence electrons. The SMILES string of the molecule is C/C(=C\C1=C2CC=CC=C2c2ccccc21)c1ccc2ccccc2c1. The topological polar surface area (TPSA) is 0 Å². The van der Waals surface area contributed by atoms with Gasteiger partial charge in [0.05, 0.1) is 0 Å². The fourth-order valence-corrected chi connectivity index (χ4v) is 4.08. The van der Waals surface area contributed by atoms with Crippen LogP contribution in [0.25, 0.3) is 27.5 Å². The average molecular weight is 332 g/mol. The Balaban J connectivity index is 1.64. The van der Waals surface area contributed by atoms with Crippen LogP contribution in [0.5, 0.6) is 0 Å². The summed E-state index contributed by atoms with van der Waals surface area (Å²) in [6.45, 7) is 2.22. The van der Waals surface area contributed by atoms with Crippen LogP contribution in [0, 0.1) is 0 Å². The Morgan fingerprint density at radius 2 is 1.62 bits per heavy atom. The molecule has 3 aromatic rings. The third-order valence-corrected chi connectivity index (χ3v) is 5.44. The van der Waals surface area contributed by atoms with Crippen molar-refractivity contribution in [1.29, 1.82) is 0 Å². The van der Waals surface area contributed by atoms with Crippen molar-refractivity contribution < 1.29 is 0 Å². The summed E-state index contributed by atoms with van der Waals surface area (Å²) in [6, 6.07) is 24.1. The second-order valence-corrected chi connectivity index (χ2v) is 7.04. The van der Waals surface area contributed by atoms with Gasteiger partial charge in [-0.25, -0.2) is 0 Å². The summed E-state index contributed by atoms with van der Waals surface area (Å²) in [5.41, 5.74) is 9.54. The molecule has 0 nitrogen and oxygen atoms in total. The summed E-state index contributed by atoms with van der Waals surface area (Å²) in [5.74, 6) is 0. The molecule has 0 heterocycles. The van der Waals surface area contributed by atoms with Crippen molar-refractivity contribution in [2.24, 2.45) is 0 Å². The van der Waals surface area contributed by atoms with Crippen LogP contribution in [0.1, 0.15) is 30.0 Å². The molecule has 0 heteroatoms. The van der Waals surface area contributed by atoms with Crippen LogP contribution < -0.4 is 0 Å². The van der Waals surface area contributed by atoms with Crippen molar-refractivity contribution in [3.63, 3.8) is 0 Å². The lowest BCUT2D eigenvalue weighted by molar-refractivity contribution is 1.30. The highest BCUT2D eigenvalue weighted by molar-refractivity contribution is 6.05. The van der Waals surface area contributed by atoms with E-state index in [1.165, 1.54) is 49.8 Å². The van der Waals surface area contributed by atoms with E-state index in [4.69, 9.17) is 0 Å². The highest BCUT2D eigenvalue weighted by Gasteiger charge is 2.24. The Morgan fingerprint density at radius 3 is 2.50 bits per heavy atom. The second-order valence-electron chi connectivity index (χ2n) is 7.04. The number of benzene rings is 3. The monoisotopic (exact) mass is 332 g/mol. The molecular formula is C26H20. The van der Waals surface area contributed by atoms with E-state index in [1.807, 2.05) is 0 Å². The Hall–Kier alpha value is -3.12. The van der Waals surface area contributed by atoms with E-state index in [9.17, 15) is 0 Å². The minimum atomic E-state index is 1.01. The van der Waals surface area contributed by atoms with Gasteiger partial charge < -0.3 is 0 Å². The Bertz CT molecular complexity index is 1150. The molecule has 0 aromatic heterocycles. The largest absolute Gasteiger partial charge is 0.0801 e. The summed E-state index contributed by atoms with van der Waals surface area (Å²) in [4.78, 5) is 0. The van der Waals surface area contributed by atoms with E-state index < -0.39 is 0 Å². The van der Waals surface area contributed by atoms with E-state index in [-0.39, 0.29) is 0 Å². The fraction of sp³-hybridized carbons (Fsp3) is 0.0769. The van der Waals surface area contributed by atoms with Gasteiger partial charge >= 0.3 is 0 Å². The quantitative estimate of drug-likeness (QED) is 0.471. The highest BCUT2D eigenvalue weighted by atomic mass is 14.3. The van der Waals surface area contributed by atoms with Gasteiger partial charge in [-0.1, -0.05) is 85.0 Å². The molecule has 0 aliphatic heterocycles. The third-order valence-electron chi connectivity index (χ3n) is 5.44. The summed E-state index contributed by atoms with van der Waals surface area (Å²) >= 11 is 0. The van der Waals surface area contributed by atoms with Gasteiger partial charge in [-0.05, 0) is 69.2 Å². The Kier molecular flexibility index (Phi) is 3.50. The molecule has 2 aliphatic carbocycles. The minimum absolute atomic E-state index is 1.01. The zero-order chi connectivity index (χ0) is 17.5. The van der Waals surface area contributed by atoms with Crippen LogP contribution in [0.15, 0.2) is 96.6 Å². The normalized spacial score (nSPS) is 15.9. The van der Waals surface area contributed by atoms with Crippen LogP contribution in [-0.4, -0.2) is 0 Å². The molecule has 0 N–H and O–H groups in total. The zero-order valence-corrected chi connectivity index (χ0v) is 14.9. The lowest BCUT2D eigenvalue weighted by atomic mass is 9.95. The van der Waals surface area contributed by atoms with Crippen molar-refractivity contribution in [2.75, 3.05) is 0 Å². The fourth-order valence-electron chi connectivity index (χ4n) is 4.08. The average Bonchev–Trinajstić information content (AvgIpc) is 3.02. The summed E-state index contributed by atoms with van der Waals surface area (Å²) < 4.78 is 0. The van der Waals surface area contributed by atoms with E-state index in [1.54, 1.807) is 0 Å². The van der Waals surface area contributed by atoms with Gasteiger partial charge in [-0.3, -0.25) is 0 Å². The highest BCUT2D eigenvalue weighted by Crippen LogP contribution is 2.45. The van der Waals surface area contributed by atoms with Crippen LogP contribution >= 0.6 is 0 Å². The molecule has 0 unspecified atom stereocenters. The van der Waals surface area contributed by atoms with Crippen LogP contribution in [0.4, 0.5) is 0 Å². The van der Waals surface area contributed by atoms with E-state index >= 15 is 0 Å². The summed E-state index contributed by atoms with van der Waals surface area (Å²) in [6.07, 6.45) is 10.1. The molecule has 0 amide bonds.